The number of rotatable bonds is 3. The van der Waals surface area contributed by atoms with Gasteiger partial charge in [-0.15, -0.1) is 0 Å². The van der Waals surface area contributed by atoms with E-state index in [1.165, 1.54) is 0 Å². The van der Waals surface area contributed by atoms with Crippen molar-refractivity contribution < 1.29 is 9.90 Å². The van der Waals surface area contributed by atoms with Gasteiger partial charge in [-0.1, -0.05) is 13.0 Å². The van der Waals surface area contributed by atoms with Crippen LogP contribution in [0, 0.1) is 6.92 Å². The average Bonchev–Trinajstić information content (AvgIpc) is 2.38. The second-order valence-corrected chi connectivity index (χ2v) is 5.25. The summed E-state index contributed by atoms with van der Waals surface area (Å²) in [6, 6.07) is 6.02. The molecule has 0 spiro atoms. The second kappa shape index (κ2) is 5.61. The number of aromatic carboxylic acids is 1. The molecule has 1 aliphatic rings. The minimum absolute atomic E-state index is 0.405. The van der Waals surface area contributed by atoms with Gasteiger partial charge in [0.05, 0.1) is 11.3 Å². The van der Waals surface area contributed by atoms with Gasteiger partial charge in [0.15, 0.2) is 0 Å². The van der Waals surface area contributed by atoms with Crippen LogP contribution in [-0.2, 0) is 0 Å². The van der Waals surface area contributed by atoms with Gasteiger partial charge < -0.3 is 10.0 Å². The number of carboxylic acid groups (broad SMARTS) is 1. The number of carbonyl (C=O) groups is 1. The summed E-state index contributed by atoms with van der Waals surface area (Å²) in [5.41, 5.74) is 2.36. The summed E-state index contributed by atoms with van der Waals surface area (Å²) in [5, 5.41) is 9.31. The van der Waals surface area contributed by atoms with Crippen molar-refractivity contribution in [3.05, 3.63) is 29.3 Å². The van der Waals surface area contributed by atoms with Crippen LogP contribution in [0.2, 0.25) is 0 Å². The molecular formula is C15H22N2O2. The molecule has 1 aromatic carbocycles. The van der Waals surface area contributed by atoms with Gasteiger partial charge in [0.25, 0.3) is 0 Å². The molecule has 0 aromatic heterocycles. The normalized spacial score (nSPS) is 20.6. The first-order valence-corrected chi connectivity index (χ1v) is 6.86. The molecule has 1 heterocycles. The fourth-order valence-electron chi connectivity index (χ4n) is 2.77. The number of anilines is 1. The molecule has 0 saturated carbocycles. The Morgan fingerprint density at radius 3 is 2.74 bits per heavy atom. The summed E-state index contributed by atoms with van der Waals surface area (Å²) in [4.78, 5) is 16.0. The lowest BCUT2D eigenvalue weighted by molar-refractivity contribution is 0.0697. The fraction of sp³-hybridized carbons (Fsp3) is 0.533. The van der Waals surface area contributed by atoms with Crippen molar-refractivity contribution in [2.75, 3.05) is 31.1 Å². The molecule has 1 aliphatic heterocycles. The van der Waals surface area contributed by atoms with Crippen molar-refractivity contribution in [3.63, 3.8) is 0 Å². The summed E-state index contributed by atoms with van der Waals surface area (Å²) < 4.78 is 0. The van der Waals surface area contributed by atoms with E-state index in [1.807, 2.05) is 19.1 Å². The first-order valence-electron chi connectivity index (χ1n) is 6.86. The number of carboxylic acids is 1. The Hall–Kier alpha value is -1.55. The molecule has 4 nitrogen and oxygen atoms in total. The van der Waals surface area contributed by atoms with E-state index in [0.717, 1.165) is 37.4 Å². The van der Waals surface area contributed by atoms with E-state index in [0.29, 0.717) is 11.6 Å². The topological polar surface area (TPSA) is 43.8 Å². The molecule has 19 heavy (non-hydrogen) atoms. The summed E-state index contributed by atoms with van der Waals surface area (Å²) in [6.07, 6.45) is 0. The van der Waals surface area contributed by atoms with Gasteiger partial charge >= 0.3 is 5.97 Å². The van der Waals surface area contributed by atoms with Gasteiger partial charge in [-0.05, 0) is 38.1 Å². The van der Waals surface area contributed by atoms with Crippen LogP contribution in [0.3, 0.4) is 0 Å². The van der Waals surface area contributed by atoms with Crippen molar-refractivity contribution in [1.29, 1.82) is 0 Å². The standard InChI is InChI=1S/C15H22N2O2/c1-4-16-7-8-17(10-12(16)3)14-9-11(2)5-6-13(14)15(18)19/h5-6,9,12H,4,7-8,10H2,1-3H3,(H,18,19). The van der Waals surface area contributed by atoms with Gasteiger partial charge in [-0.3, -0.25) is 4.90 Å². The van der Waals surface area contributed by atoms with Crippen molar-refractivity contribution >= 4 is 11.7 Å². The number of hydrogen-bond acceptors (Lipinski definition) is 3. The van der Waals surface area contributed by atoms with E-state index in [2.05, 4.69) is 23.6 Å². The Morgan fingerprint density at radius 1 is 1.42 bits per heavy atom. The van der Waals surface area contributed by atoms with Gasteiger partial charge in [0, 0.05) is 25.7 Å². The Bertz CT molecular complexity index is 473. The fourth-order valence-corrected chi connectivity index (χ4v) is 2.77. The Balaban J connectivity index is 2.27. The first-order chi connectivity index (χ1) is 9.02. The predicted molar refractivity (Wildman–Crippen MR) is 77.1 cm³/mol. The SMILES string of the molecule is CCN1CCN(c2cc(C)ccc2C(=O)O)CC1C. The van der Waals surface area contributed by atoms with Crippen LogP contribution in [0.1, 0.15) is 29.8 Å². The molecule has 104 valence electrons. The molecule has 4 heteroatoms. The number of hydrogen-bond donors (Lipinski definition) is 1. The molecule has 1 aromatic rings. The smallest absolute Gasteiger partial charge is 0.337 e. The Labute approximate surface area is 114 Å². The lowest BCUT2D eigenvalue weighted by atomic mass is 10.1. The van der Waals surface area contributed by atoms with Crippen molar-refractivity contribution in [1.82, 2.24) is 4.90 Å². The highest BCUT2D eigenvalue weighted by atomic mass is 16.4. The van der Waals surface area contributed by atoms with Crippen LogP contribution in [0.15, 0.2) is 18.2 Å². The lowest BCUT2D eigenvalue weighted by Gasteiger charge is -2.41. The lowest BCUT2D eigenvalue weighted by Crippen LogP contribution is -2.52. The molecule has 0 aliphatic carbocycles. The molecule has 0 radical (unpaired) electrons. The molecule has 1 saturated heterocycles. The number of likely N-dealkylation sites (N-methyl/N-ethyl adjacent to an activating group) is 1. The van der Waals surface area contributed by atoms with Gasteiger partial charge in [-0.25, -0.2) is 4.79 Å². The number of benzene rings is 1. The molecule has 1 fully saturated rings. The molecule has 1 N–H and O–H groups in total. The highest BCUT2D eigenvalue weighted by Crippen LogP contribution is 2.25. The van der Waals surface area contributed by atoms with E-state index in [9.17, 15) is 9.90 Å². The van der Waals surface area contributed by atoms with Crippen LogP contribution < -0.4 is 4.90 Å². The van der Waals surface area contributed by atoms with Crippen molar-refractivity contribution in [2.45, 2.75) is 26.8 Å². The van der Waals surface area contributed by atoms with E-state index in [4.69, 9.17) is 0 Å². The summed E-state index contributed by atoms with van der Waals surface area (Å²) in [7, 11) is 0. The van der Waals surface area contributed by atoms with Gasteiger partial charge in [0.2, 0.25) is 0 Å². The molecule has 1 atom stereocenters. The van der Waals surface area contributed by atoms with E-state index < -0.39 is 5.97 Å². The zero-order valence-corrected chi connectivity index (χ0v) is 11.9. The van der Waals surface area contributed by atoms with E-state index in [1.54, 1.807) is 6.07 Å². The zero-order chi connectivity index (χ0) is 14.0. The number of piperazine rings is 1. The molecule has 1 unspecified atom stereocenters. The van der Waals surface area contributed by atoms with Crippen molar-refractivity contribution in [3.8, 4) is 0 Å². The van der Waals surface area contributed by atoms with Gasteiger partial charge in [0.1, 0.15) is 0 Å². The minimum atomic E-state index is -0.847. The summed E-state index contributed by atoms with van der Waals surface area (Å²) >= 11 is 0. The van der Waals surface area contributed by atoms with Crippen LogP contribution in [0.25, 0.3) is 0 Å². The highest BCUT2D eigenvalue weighted by molar-refractivity contribution is 5.94. The van der Waals surface area contributed by atoms with Crippen LogP contribution in [-0.4, -0.2) is 48.2 Å². The number of aryl methyl sites for hydroxylation is 1. The monoisotopic (exact) mass is 262 g/mol. The summed E-state index contributed by atoms with van der Waals surface area (Å²) in [6.45, 7) is 10.2. The molecule has 0 bridgehead atoms. The number of nitrogens with zero attached hydrogens (tertiary/aromatic N) is 2. The van der Waals surface area contributed by atoms with Crippen LogP contribution >= 0.6 is 0 Å². The third kappa shape index (κ3) is 2.89. The van der Waals surface area contributed by atoms with Gasteiger partial charge in [-0.2, -0.15) is 0 Å². The third-order valence-corrected chi connectivity index (χ3v) is 3.90. The maximum Gasteiger partial charge on any atom is 0.337 e. The predicted octanol–water partition coefficient (Wildman–Crippen LogP) is 2.22. The summed E-state index contributed by atoms with van der Waals surface area (Å²) in [5.74, 6) is -0.847. The van der Waals surface area contributed by atoms with Crippen molar-refractivity contribution in [2.24, 2.45) is 0 Å². The van der Waals surface area contributed by atoms with Crippen LogP contribution in [0.4, 0.5) is 5.69 Å². The maximum atomic E-state index is 11.3. The third-order valence-electron chi connectivity index (χ3n) is 3.90. The minimum Gasteiger partial charge on any atom is -0.478 e. The molecular weight excluding hydrogens is 240 g/mol. The Morgan fingerprint density at radius 2 is 2.16 bits per heavy atom. The molecule has 0 amide bonds. The Kier molecular flexibility index (Phi) is 4.10. The quantitative estimate of drug-likeness (QED) is 0.907. The first kappa shape index (κ1) is 13.9. The van der Waals surface area contributed by atoms with Crippen LogP contribution in [0.5, 0.6) is 0 Å². The van der Waals surface area contributed by atoms with E-state index >= 15 is 0 Å². The zero-order valence-electron chi connectivity index (χ0n) is 11.9. The second-order valence-electron chi connectivity index (χ2n) is 5.25. The largest absolute Gasteiger partial charge is 0.478 e. The average molecular weight is 262 g/mol. The van der Waals surface area contributed by atoms with E-state index in [-0.39, 0.29) is 0 Å². The molecule has 2 rings (SSSR count). The maximum absolute atomic E-state index is 11.3. The highest BCUT2D eigenvalue weighted by Gasteiger charge is 2.25.